The van der Waals surface area contributed by atoms with Crippen molar-refractivity contribution in [3.63, 3.8) is 0 Å². The molecule has 178 valence electrons. The summed E-state index contributed by atoms with van der Waals surface area (Å²) >= 11 is 0. The smallest absolute Gasteiger partial charge is 0.341 e. The second-order valence-electron chi connectivity index (χ2n) is 9.27. The van der Waals surface area contributed by atoms with Gasteiger partial charge in [0.2, 0.25) is 5.91 Å². The Morgan fingerprint density at radius 3 is 2.32 bits per heavy atom. The van der Waals surface area contributed by atoms with Crippen LogP contribution in [-0.4, -0.2) is 10.9 Å². The molecule has 1 aliphatic rings. The Morgan fingerprint density at radius 1 is 0.971 bits per heavy atom. The van der Waals surface area contributed by atoms with Gasteiger partial charge in [0.05, 0.1) is 11.3 Å². The minimum Gasteiger partial charge on any atom is -0.341 e. The summed E-state index contributed by atoms with van der Waals surface area (Å²) < 4.78 is 41.0. The average Bonchev–Trinajstić information content (AvgIpc) is 3.32. The molecule has 0 saturated heterocycles. The second kappa shape index (κ2) is 10.00. The van der Waals surface area contributed by atoms with E-state index in [2.05, 4.69) is 10.3 Å². The summed E-state index contributed by atoms with van der Waals surface area (Å²) in [6, 6.07) is 18.4. The molecule has 2 aromatic carbocycles. The van der Waals surface area contributed by atoms with Gasteiger partial charge >= 0.3 is 6.18 Å². The zero-order valence-corrected chi connectivity index (χ0v) is 19.2. The van der Waals surface area contributed by atoms with Gasteiger partial charge in [-0.2, -0.15) is 13.2 Å². The average molecular weight is 467 g/mol. The van der Waals surface area contributed by atoms with Gasteiger partial charge in [0.15, 0.2) is 0 Å². The van der Waals surface area contributed by atoms with E-state index < -0.39 is 17.3 Å². The van der Waals surface area contributed by atoms with Crippen molar-refractivity contribution in [2.75, 3.05) is 0 Å². The van der Waals surface area contributed by atoms with Crippen LogP contribution in [0.25, 0.3) is 0 Å². The van der Waals surface area contributed by atoms with Crippen molar-refractivity contribution >= 4 is 5.91 Å². The first-order chi connectivity index (χ1) is 16.3. The van der Waals surface area contributed by atoms with Crippen molar-refractivity contribution in [3.05, 3.63) is 101 Å². The van der Waals surface area contributed by atoms with Gasteiger partial charge in [0, 0.05) is 19.0 Å². The number of amides is 1. The molecule has 3 aromatic rings. The maximum absolute atomic E-state index is 13.7. The molecule has 34 heavy (non-hydrogen) atoms. The lowest BCUT2D eigenvalue weighted by atomic mass is 9.79. The first kappa shape index (κ1) is 24.0. The number of halogens is 3. The SMILES string of the molecule is Cc1ccc(C(Cc2ccccc2)(NC(=O)CC2CCCC2)c2cccc(C(F)(F)F)c2)nc1. The lowest BCUT2D eigenvalue weighted by molar-refractivity contribution is -0.137. The number of pyridine rings is 1. The standard InChI is InChI=1S/C28H29F3N2O/c1-20-14-15-25(32-19-20)27(18-22-10-3-2-4-11-22,33-26(34)16-21-8-5-6-9-21)23-12-7-13-24(17-23)28(29,30)31/h2-4,7,10-15,17,19,21H,5-6,8-9,16,18H2,1H3,(H,33,34). The van der Waals surface area contributed by atoms with Crippen LogP contribution >= 0.6 is 0 Å². The minimum atomic E-state index is -4.50. The summed E-state index contributed by atoms with van der Waals surface area (Å²) in [5.74, 6) is 0.143. The predicted octanol–water partition coefficient (Wildman–Crippen LogP) is 6.59. The highest BCUT2D eigenvalue weighted by Gasteiger charge is 2.40. The number of nitrogens with one attached hydrogen (secondary N) is 1. The molecule has 3 nitrogen and oxygen atoms in total. The maximum atomic E-state index is 13.7. The van der Waals surface area contributed by atoms with Gasteiger partial charge in [-0.25, -0.2) is 0 Å². The Kier molecular flexibility index (Phi) is 7.05. The number of aromatic nitrogens is 1. The Labute approximate surface area is 198 Å². The van der Waals surface area contributed by atoms with Crippen LogP contribution in [0.3, 0.4) is 0 Å². The molecule has 1 fully saturated rings. The molecular weight excluding hydrogens is 437 g/mol. The molecule has 0 aliphatic heterocycles. The zero-order valence-electron chi connectivity index (χ0n) is 19.2. The van der Waals surface area contributed by atoms with Crippen molar-refractivity contribution in [1.82, 2.24) is 10.3 Å². The fraction of sp³-hybridized carbons (Fsp3) is 0.357. The molecular formula is C28H29F3N2O. The van der Waals surface area contributed by atoms with Crippen LogP contribution in [0.2, 0.25) is 0 Å². The molecule has 4 rings (SSSR count). The van der Waals surface area contributed by atoms with Gasteiger partial charge in [-0.3, -0.25) is 9.78 Å². The third-order valence-electron chi connectivity index (χ3n) is 6.65. The molecule has 1 saturated carbocycles. The number of benzene rings is 2. The van der Waals surface area contributed by atoms with Gasteiger partial charge in [0.25, 0.3) is 0 Å². The van der Waals surface area contributed by atoms with E-state index in [-0.39, 0.29) is 12.3 Å². The van der Waals surface area contributed by atoms with Gasteiger partial charge in [-0.05, 0) is 60.6 Å². The quantitative estimate of drug-likeness (QED) is 0.427. The number of carbonyl (C=O) groups excluding carboxylic acids is 1. The summed E-state index contributed by atoms with van der Waals surface area (Å²) in [6.07, 6.45) is 2.06. The first-order valence-electron chi connectivity index (χ1n) is 11.7. The molecule has 0 radical (unpaired) electrons. The van der Waals surface area contributed by atoms with E-state index in [0.29, 0.717) is 23.6 Å². The Balaban J connectivity index is 1.85. The third kappa shape index (κ3) is 5.49. The van der Waals surface area contributed by atoms with E-state index in [1.807, 2.05) is 43.3 Å². The topological polar surface area (TPSA) is 42.0 Å². The number of carbonyl (C=O) groups is 1. The Morgan fingerprint density at radius 2 is 1.68 bits per heavy atom. The molecule has 0 bridgehead atoms. The van der Waals surface area contributed by atoms with Crippen LogP contribution in [0.15, 0.2) is 72.9 Å². The van der Waals surface area contributed by atoms with Crippen LogP contribution < -0.4 is 5.32 Å². The Hall–Kier alpha value is -3.15. The molecule has 1 N–H and O–H groups in total. The largest absolute Gasteiger partial charge is 0.416 e. The van der Waals surface area contributed by atoms with Crippen molar-refractivity contribution in [2.24, 2.45) is 5.92 Å². The normalized spacial score (nSPS) is 16.2. The summed E-state index contributed by atoms with van der Waals surface area (Å²) in [5, 5.41) is 3.17. The fourth-order valence-electron chi connectivity index (χ4n) is 4.87. The van der Waals surface area contributed by atoms with Crippen molar-refractivity contribution < 1.29 is 18.0 Å². The monoisotopic (exact) mass is 466 g/mol. The molecule has 1 heterocycles. The fourth-order valence-corrected chi connectivity index (χ4v) is 4.87. The summed E-state index contributed by atoms with van der Waals surface area (Å²) in [6.45, 7) is 1.90. The van der Waals surface area contributed by atoms with Crippen LogP contribution in [0.5, 0.6) is 0 Å². The summed E-state index contributed by atoms with van der Waals surface area (Å²) in [7, 11) is 0. The number of hydrogen-bond donors (Lipinski definition) is 1. The number of rotatable bonds is 7. The van der Waals surface area contributed by atoms with Gasteiger partial charge in [-0.1, -0.05) is 61.4 Å². The molecule has 1 unspecified atom stereocenters. The van der Waals surface area contributed by atoms with E-state index in [1.54, 1.807) is 18.3 Å². The Bertz CT molecular complexity index is 1110. The predicted molar refractivity (Wildman–Crippen MR) is 126 cm³/mol. The number of hydrogen-bond acceptors (Lipinski definition) is 2. The number of alkyl halides is 3. The molecule has 0 spiro atoms. The molecule has 1 aromatic heterocycles. The minimum absolute atomic E-state index is 0.164. The van der Waals surface area contributed by atoms with Gasteiger partial charge in [0.1, 0.15) is 5.54 Å². The van der Waals surface area contributed by atoms with Crippen LogP contribution in [0.4, 0.5) is 13.2 Å². The van der Waals surface area contributed by atoms with E-state index in [1.165, 1.54) is 6.07 Å². The van der Waals surface area contributed by atoms with Crippen LogP contribution in [0, 0.1) is 12.8 Å². The third-order valence-corrected chi connectivity index (χ3v) is 6.65. The zero-order chi connectivity index (χ0) is 24.2. The summed E-state index contributed by atoms with van der Waals surface area (Å²) in [5.41, 5.74) is 0.705. The van der Waals surface area contributed by atoms with Crippen molar-refractivity contribution in [3.8, 4) is 0 Å². The molecule has 1 aliphatic carbocycles. The lowest BCUT2D eigenvalue weighted by Gasteiger charge is -2.36. The highest BCUT2D eigenvalue weighted by atomic mass is 19.4. The van der Waals surface area contributed by atoms with Gasteiger partial charge in [-0.15, -0.1) is 0 Å². The van der Waals surface area contributed by atoms with Gasteiger partial charge < -0.3 is 5.32 Å². The van der Waals surface area contributed by atoms with Crippen molar-refractivity contribution in [2.45, 2.75) is 57.2 Å². The van der Waals surface area contributed by atoms with Crippen LogP contribution in [-0.2, 0) is 22.9 Å². The molecule has 1 atom stereocenters. The van der Waals surface area contributed by atoms with E-state index >= 15 is 0 Å². The summed E-state index contributed by atoms with van der Waals surface area (Å²) in [4.78, 5) is 17.9. The van der Waals surface area contributed by atoms with Crippen LogP contribution in [0.1, 0.15) is 60.1 Å². The highest BCUT2D eigenvalue weighted by molar-refractivity contribution is 5.78. The number of nitrogens with zero attached hydrogens (tertiary/aromatic N) is 1. The van der Waals surface area contributed by atoms with E-state index in [4.69, 9.17) is 0 Å². The number of aryl methyl sites for hydroxylation is 1. The molecule has 1 amide bonds. The lowest BCUT2D eigenvalue weighted by Crippen LogP contribution is -2.49. The highest BCUT2D eigenvalue weighted by Crippen LogP contribution is 2.37. The molecule has 6 heteroatoms. The maximum Gasteiger partial charge on any atom is 0.416 e. The van der Waals surface area contributed by atoms with E-state index in [0.717, 1.165) is 48.9 Å². The van der Waals surface area contributed by atoms with Crippen molar-refractivity contribution in [1.29, 1.82) is 0 Å². The first-order valence-corrected chi connectivity index (χ1v) is 11.7. The second-order valence-corrected chi connectivity index (χ2v) is 9.27. The van der Waals surface area contributed by atoms with E-state index in [9.17, 15) is 18.0 Å².